The maximum absolute atomic E-state index is 12.9. The third kappa shape index (κ3) is 1.80. The van der Waals surface area contributed by atoms with E-state index in [2.05, 4.69) is 0 Å². The molecule has 0 heterocycles. The third-order valence-corrected chi connectivity index (χ3v) is 1.58. The van der Waals surface area contributed by atoms with Crippen LogP contribution in [0.15, 0.2) is 18.2 Å². The van der Waals surface area contributed by atoms with Crippen molar-refractivity contribution in [3.05, 3.63) is 35.4 Å². The second-order valence-corrected chi connectivity index (χ2v) is 3.13. The Hall–Kier alpha value is -0.960. The Balaban J connectivity index is 3.19. The first-order chi connectivity index (χ1) is 5.41. The fourth-order valence-electron chi connectivity index (χ4n) is 0.978. The van der Waals surface area contributed by atoms with Crippen LogP contribution in [0.2, 0.25) is 0 Å². The molecule has 0 saturated heterocycles. The lowest BCUT2D eigenvalue weighted by atomic mass is 9.98. The second-order valence-electron chi connectivity index (χ2n) is 3.13. The van der Waals surface area contributed by atoms with Crippen LogP contribution in [0.1, 0.15) is 19.4 Å². The van der Waals surface area contributed by atoms with Crippen molar-refractivity contribution in [1.82, 2.24) is 0 Å². The summed E-state index contributed by atoms with van der Waals surface area (Å²) in [4.78, 5) is 0. The zero-order valence-corrected chi connectivity index (χ0v) is 6.90. The lowest BCUT2D eigenvalue weighted by Crippen LogP contribution is -2.15. The minimum Gasteiger partial charge on any atom is -0.225 e. The van der Waals surface area contributed by atoms with E-state index in [0.717, 1.165) is 12.1 Å². The lowest BCUT2D eigenvalue weighted by molar-refractivity contribution is -0.00311. The van der Waals surface area contributed by atoms with Crippen molar-refractivity contribution >= 4 is 0 Å². The summed E-state index contributed by atoms with van der Waals surface area (Å²) in [5.74, 6) is -1.45. The summed E-state index contributed by atoms with van der Waals surface area (Å²) < 4.78 is 25.3. The normalized spacial score (nSPS) is 11.8. The summed E-state index contributed by atoms with van der Waals surface area (Å²) in [5, 5.41) is 11.3. The molecule has 1 rings (SSSR count). The number of rotatable bonds is 1. The van der Waals surface area contributed by atoms with Crippen LogP contribution >= 0.6 is 0 Å². The molecule has 0 bridgehead atoms. The largest absolute Gasteiger partial charge is 0.225 e. The Bertz CT molecular complexity index is 289. The summed E-state index contributed by atoms with van der Waals surface area (Å²) in [6, 6.07) is 2.98. The van der Waals surface area contributed by atoms with Crippen molar-refractivity contribution < 1.29 is 13.9 Å². The van der Waals surface area contributed by atoms with Crippen LogP contribution < -0.4 is 0 Å². The predicted molar refractivity (Wildman–Crippen MR) is 40.1 cm³/mol. The van der Waals surface area contributed by atoms with E-state index < -0.39 is 17.2 Å². The minimum absolute atomic E-state index is 0.0103. The molecule has 0 saturated carbocycles. The van der Waals surface area contributed by atoms with E-state index in [1.807, 2.05) is 0 Å². The van der Waals surface area contributed by atoms with Crippen molar-refractivity contribution in [3.63, 3.8) is 0 Å². The molecule has 0 aliphatic carbocycles. The Kier molecular flexibility index (Phi) is 2.15. The molecule has 0 aromatic heterocycles. The maximum atomic E-state index is 12.9. The van der Waals surface area contributed by atoms with Gasteiger partial charge in [-0.25, -0.2) is 13.9 Å². The molecule has 1 aromatic carbocycles. The molecule has 1 aromatic rings. The Morgan fingerprint density at radius 2 is 1.83 bits per heavy atom. The smallest absolute Gasteiger partial charge is 0.132 e. The number of benzene rings is 1. The molecule has 0 amide bonds. The van der Waals surface area contributed by atoms with Crippen LogP contribution in [0.4, 0.5) is 8.78 Å². The van der Waals surface area contributed by atoms with Crippen molar-refractivity contribution in [1.29, 1.82) is 0 Å². The maximum Gasteiger partial charge on any atom is 0.132 e. The molecule has 12 heavy (non-hydrogen) atoms. The zero-order chi connectivity index (χ0) is 9.35. The molecule has 0 N–H and O–H groups in total. The van der Waals surface area contributed by atoms with Crippen molar-refractivity contribution in [3.8, 4) is 0 Å². The number of hydrogen-bond donors (Lipinski definition) is 0. The molecule has 0 unspecified atom stereocenters. The van der Waals surface area contributed by atoms with Crippen LogP contribution in [0.25, 0.3) is 0 Å². The summed E-state index contributed by atoms with van der Waals surface area (Å²) in [6.07, 6.45) is 0. The fraction of sp³-hybridized carbons (Fsp3) is 0.333. The molecule has 65 valence electrons. The third-order valence-electron chi connectivity index (χ3n) is 1.58. The van der Waals surface area contributed by atoms with Crippen LogP contribution in [-0.2, 0) is 10.7 Å². The highest BCUT2D eigenvalue weighted by Crippen LogP contribution is 2.23. The van der Waals surface area contributed by atoms with E-state index >= 15 is 0 Å². The Morgan fingerprint density at radius 3 is 2.25 bits per heavy atom. The monoisotopic (exact) mass is 171 g/mol. The number of halogens is 2. The van der Waals surface area contributed by atoms with Crippen LogP contribution in [0.5, 0.6) is 0 Å². The predicted octanol–water partition coefficient (Wildman–Crippen LogP) is 2.63. The van der Waals surface area contributed by atoms with Crippen LogP contribution in [-0.4, -0.2) is 0 Å². The number of hydrogen-bond acceptors (Lipinski definition) is 0. The first-order valence-corrected chi connectivity index (χ1v) is 3.57. The van der Waals surface area contributed by atoms with Crippen molar-refractivity contribution in [2.75, 3.05) is 0 Å². The fourth-order valence-corrected chi connectivity index (χ4v) is 0.978. The SMILES string of the molecule is CC(C)([O])c1ccc(F)cc1F. The molecule has 0 spiro atoms. The van der Waals surface area contributed by atoms with Gasteiger partial charge in [0.1, 0.15) is 17.2 Å². The van der Waals surface area contributed by atoms with Gasteiger partial charge >= 0.3 is 0 Å². The molecule has 1 radical (unpaired) electrons. The van der Waals surface area contributed by atoms with Gasteiger partial charge in [-0.05, 0) is 19.9 Å². The highest BCUT2D eigenvalue weighted by Gasteiger charge is 2.22. The first kappa shape index (κ1) is 9.13. The highest BCUT2D eigenvalue weighted by molar-refractivity contribution is 5.23. The van der Waals surface area contributed by atoms with E-state index in [9.17, 15) is 13.9 Å². The van der Waals surface area contributed by atoms with Gasteiger partial charge in [-0.2, -0.15) is 0 Å². The van der Waals surface area contributed by atoms with E-state index in [-0.39, 0.29) is 5.56 Å². The average Bonchev–Trinajstić information content (AvgIpc) is 1.83. The van der Waals surface area contributed by atoms with Gasteiger partial charge in [-0.1, -0.05) is 6.07 Å². The molecule has 3 heteroatoms. The molecule has 0 aliphatic rings. The van der Waals surface area contributed by atoms with E-state index in [1.54, 1.807) is 0 Å². The average molecular weight is 171 g/mol. The van der Waals surface area contributed by atoms with Gasteiger partial charge in [0.25, 0.3) is 0 Å². The van der Waals surface area contributed by atoms with Gasteiger partial charge in [-0.3, -0.25) is 0 Å². The van der Waals surface area contributed by atoms with E-state index in [0.29, 0.717) is 0 Å². The summed E-state index contributed by atoms with van der Waals surface area (Å²) in [6.45, 7) is 2.67. The van der Waals surface area contributed by atoms with Gasteiger partial charge in [0.2, 0.25) is 0 Å². The standard InChI is InChI=1S/C9H9F2O/c1-9(2,12)7-4-3-6(10)5-8(7)11/h3-5H,1-2H3. The molecule has 0 aliphatic heterocycles. The molecule has 0 fully saturated rings. The lowest BCUT2D eigenvalue weighted by Gasteiger charge is -2.15. The minimum atomic E-state index is -1.52. The van der Waals surface area contributed by atoms with Gasteiger partial charge < -0.3 is 0 Å². The van der Waals surface area contributed by atoms with Gasteiger partial charge in [0.15, 0.2) is 0 Å². The first-order valence-electron chi connectivity index (χ1n) is 3.57. The molecule has 1 nitrogen and oxygen atoms in total. The van der Waals surface area contributed by atoms with Crippen LogP contribution in [0.3, 0.4) is 0 Å². The zero-order valence-electron chi connectivity index (χ0n) is 6.90. The molecular weight excluding hydrogens is 162 g/mol. The Morgan fingerprint density at radius 1 is 1.25 bits per heavy atom. The summed E-state index contributed by atoms with van der Waals surface area (Å²) >= 11 is 0. The van der Waals surface area contributed by atoms with Crippen molar-refractivity contribution in [2.45, 2.75) is 19.4 Å². The van der Waals surface area contributed by atoms with Gasteiger partial charge in [0, 0.05) is 11.6 Å². The topological polar surface area (TPSA) is 19.9 Å². The molecule has 0 atom stereocenters. The van der Waals surface area contributed by atoms with Gasteiger partial charge in [-0.15, -0.1) is 0 Å². The van der Waals surface area contributed by atoms with Gasteiger partial charge in [0.05, 0.1) is 0 Å². The van der Waals surface area contributed by atoms with E-state index in [1.165, 1.54) is 19.9 Å². The quantitative estimate of drug-likeness (QED) is 0.619. The second kappa shape index (κ2) is 2.83. The highest BCUT2D eigenvalue weighted by atomic mass is 19.1. The van der Waals surface area contributed by atoms with Crippen LogP contribution in [0, 0.1) is 11.6 Å². The molecular formula is C9H9F2O. The summed E-state index contributed by atoms with van der Waals surface area (Å²) in [5.41, 5.74) is -1.53. The van der Waals surface area contributed by atoms with Crippen molar-refractivity contribution in [2.24, 2.45) is 0 Å². The summed E-state index contributed by atoms with van der Waals surface area (Å²) in [7, 11) is 0. The van der Waals surface area contributed by atoms with E-state index in [4.69, 9.17) is 0 Å². The Labute approximate surface area is 69.7 Å².